The lowest BCUT2D eigenvalue weighted by molar-refractivity contribution is 0.691. The highest BCUT2D eigenvalue weighted by Crippen LogP contribution is 2.09. The number of benzene rings is 2. The zero-order chi connectivity index (χ0) is 13.1. The molecule has 0 amide bonds. The molecule has 0 saturated heterocycles. The average molecular weight is 250 g/mol. The second kappa shape index (κ2) is 5.06. The van der Waals surface area contributed by atoms with Crippen LogP contribution in [0, 0.1) is 0 Å². The molecule has 0 aliphatic rings. The topological polar surface area (TPSA) is 34.9 Å². The first-order valence-corrected chi connectivity index (χ1v) is 6.33. The summed E-state index contributed by atoms with van der Waals surface area (Å²) in [5.41, 5.74) is 2.94. The van der Waals surface area contributed by atoms with E-state index in [-0.39, 0.29) is 5.56 Å². The molecule has 3 nitrogen and oxygen atoms in total. The summed E-state index contributed by atoms with van der Waals surface area (Å²) in [5.74, 6) is 0. The number of hydrogen-bond donors (Lipinski definition) is 0. The molecule has 94 valence electrons. The van der Waals surface area contributed by atoms with Crippen LogP contribution in [0.3, 0.4) is 0 Å². The summed E-state index contributed by atoms with van der Waals surface area (Å²) in [7, 11) is 0. The number of fused-ring (bicyclic) bond motifs is 1. The minimum atomic E-state index is -0.0466. The van der Waals surface area contributed by atoms with E-state index in [4.69, 9.17) is 0 Å². The molecular formula is C16H14N2O. The highest BCUT2D eigenvalue weighted by molar-refractivity contribution is 5.74. The van der Waals surface area contributed by atoms with E-state index in [1.54, 1.807) is 4.57 Å². The SMILES string of the molecule is O=c1cnc2ccccc2n1CCc1ccccc1. The number of hydrogen-bond acceptors (Lipinski definition) is 2. The molecule has 0 spiro atoms. The molecule has 0 bridgehead atoms. The Bertz CT molecular complexity index is 747. The second-order valence-corrected chi connectivity index (χ2v) is 4.47. The van der Waals surface area contributed by atoms with Crippen molar-refractivity contribution in [1.82, 2.24) is 9.55 Å². The Morgan fingerprint density at radius 3 is 2.53 bits per heavy atom. The summed E-state index contributed by atoms with van der Waals surface area (Å²) in [6, 6.07) is 17.9. The van der Waals surface area contributed by atoms with Gasteiger partial charge in [0.25, 0.3) is 5.56 Å². The van der Waals surface area contributed by atoms with Crippen LogP contribution >= 0.6 is 0 Å². The first-order chi connectivity index (χ1) is 9.34. The summed E-state index contributed by atoms with van der Waals surface area (Å²) in [6.45, 7) is 0.672. The van der Waals surface area contributed by atoms with Gasteiger partial charge < -0.3 is 4.57 Å². The standard InChI is InChI=1S/C16H14N2O/c19-16-12-17-14-8-4-5-9-15(14)18(16)11-10-13-6-2-1-3-7-13/h1-9,12H,10-11H2. The zero-order valence-corrected chi connectivity index (χ0v) is 10.5. The molecule has 0 saturated carbocycles. The highest BCUT2D eigenvalue weighted by Gasteiger charge is 2.03. The van der Waals surface area contributed by atoms with Crippen LogP contribution in [0.2, 0.25) is 0 Å². The van der Waals surface area contributed by atoms with Crippen LogP contribution in [-0.2, 0) is 13.0 Å². The molecule has 2 aromatic carbocycles. The van der Waals surface area contributed by atoms with E-state index >= 15 is 0 Å². The van der Waals surface area contributed by atoms with Crippen molar-refractivity contribution in [3.8, 4) is 0 Å². The van der Waals surface area contributed by atoms with Crippen molar-refractivity contribution in [2.24, 2.45) is 0 Å². The van der Waals surface area contributed by atoms with E-state index in [0.29, 0.717) is 6.54 Å². The third kappa shape index (κ3) is 2.40. The molecule has 3 aromatic rings. The summed E-state index contributed by atoms with van der Waals surface area (Å²) in [4.78, 5) is 16.1. The number of para-hydroxylation sites is 2. The van der Waals surface area contributed by atoms with E-state index < -0.39 is 0 Å². The Morgan fingerprint density at radius 1 is 0.947 bits per heavy atom. The van der Waals surface area contributed by atoms with Crippen molar-refractivity contribution in [2.45, 2.75) is 13.0 Å². The summed E-state index contributed by atoms with van der Waals surface area (Å²) in [5, 5.41) is 0. The molecule has 0 aliphatic heterocycles. The van der Waals surface area contributed by atoms with Gasteiger partial charge in [0.1, 0.15) is 0 Å². The zero-order valence-electron chi connectivity index (χ0n) is 10.5. The third-order valence-electron chi connectivity index (χ3n) is 3.22. The van der Waals surface area contributed by atoms with Gasteiger partial charge in [-0.1, -0.05) is 42.5 Å². The number of nitrogens with zero attached hydrogens (tertiary/aromatic N) is 2. The van der Waals surface area contributed by atoms with Gasteiger partial charge in [-0.05, 0) is 24.1 Å². The highest BCUT2D eigenvalue weighted by atomic mass is 16.1. The van der Waals surface area contributed by atoms with Crippen LogP contribution in [0.5, 0.6) is 0 Å². The fourth-order valence-corrected chi connectivity index (χ4v) is 2.23. The minimum absolute atomic E-state index is 0.0466. The van der Waals surface area contributed by atoms with Gasteiger partial charge >= 0.3 is 0 Å². The van der Waals surface area contributed by atoms with Crippen molar-refractivity contribution < 1.29 is 0 Å². The average Bonchev–Trinajstić information content (AvgIpc) is 2.47. The van der Waals surface area contributed by atoms with Crippen LogP contribution in [-0.4, -0.2) is 9.55 Å². The molecular weight excluding hydrogens is 236 g/mol. The van der Waals surface area contributed by atoms with Crippen molar-refractivity contribution >= 4 is 11.0 Å². The first-order valence-electron chi connectivity index (χ1n) is 6.33. The van der Waals surface area contributed by atoms with Crippen LogP contribution in [0.15, 0.2) is 65.6 Å². The van der Waals surface area contributed by atoms with Gasteiger partial charge in [0.15, 0.2) is 0 Å². The van der Waals surface area contributed by atoms with E-state index in [9.17, 15) is 4.79 Å². The van der Waals surface area contributed by atoms with Crippen LogP contribution in [0.4, 0.5) is 0 Å². The molecule has 3 rings (SSSR count). The maximum absolute atomic E-state index is 12.0. The smallest absolute Gasteiger partial charge is 0.269 e. The Labute approximate surface area is 111 Å². The summed E-state index contributed by atoms with van der Waals surface area (Å²) >= 11 is 0. The van der Waals surface area contributed by atoms with Gasteiger partial charge in [0.2, 0.25) is 0 Å². The third-order valence-corrected chi connectivity index (χ3v) is 3.22. The Hall–Kier alpha value is -2.42. The maximum Gasteiger partial charge on any atom is 0.269 e. The molecule has 0 atom stereocenters. The molecule has 19 heavy (non-hydrogen) atoms. The molecule has 0 radical (unpaired) electrons. The maximum atomic E-state index is 12.0. The van der Waals surface area contributed by atoms with E-state index in [1.807, 2.05) is 42.5 Å². The van der Waals surface area contributed by atoms with Crippen LogP contribution in [0.1, 0.15) is 5.56 Å². The van der Waals surface area contributed by atoms with Crippen molar-refractivity contribution in [2.75, 3.05) is 0 Å². The number of rotatable bonds is 3. The molecule has 1 aromatic heterocycles. The number of aromatic nitrogens is 2. The van der Waals surface area contributed by atoms with Gasteiger partial charge in [-0.2, -0.15) is 0 Å². The number of aryl methyl sites for hydroxylation is 2. The summed E-state index contributed by atoms with van der Waals surface area (Å²) in [6.07, 6.45) is 2.24. The lowest BCUT2D eigenvalue weighted by atomic mass is 10.1. The normalized spacial score (nSPS) is 10.7. The van der Waals surface area contributed by atoms with Gasteiger partial charge in [-0.15, -0.1) is 0 Å². The second-order valence-electron chi connectivity index (χ2n) is 4.47. The Morgan fingerprint density at radius 2 is 1.68 bits per heavy atom. The van der Waals surface area contributed by atoms with E-state index in [0.717, 1.165) is 17.5 Å². The Balaban J connectivity index is 1.96. The summed E-state index contributed by atoms with van der Waals surface area (Å²) < 4.78 is 1.79. The van der Waals surface area contributed by atoms with Gasteiger partial charge in [-0.3, -0.25) is 4.79 Å². The van der Waals surface area contributed by atoms with Crippen molar-refractivity contribution in [3.05, 3.63) is 76.7 Å². The van der Waals surface area contributed by atoms with Crippen LogP contribution in [0.25, 0.3) is 11.0 Å². The Kier molecular flexibility index (Phi) is 3.11. The first kappa shape index (κ1) is 11.7. The van der Waals surface area contributed by atoms with Gasteiger partial charge in [-0.25, -0.2) is 4.98 Å². The fraction of sp³-hybridized carbons (Fsp3) is 0.125. The predicted octanol–water partition coefficient (Wildman–Crippen LogP) is 2.64. The molecule has 0 unspecified atom stereocenters. The molecule has 0 fully saturated rings. The minimum Gasteiger partial charge on any atom is -0.305 e. The largest absolute Gasteiger partial charge is 0.305 e. The van der Waals surface area contributed by atoms with E-state index in [1.165, 1.54) is 11.8 Å². The lowest BCUT2D eigenvalue weighted by Gasteiger charge is -2.09. The fourth-order valence-electron chi connectivity index (χ4n) is 2.23. The molecule has 0 aliphatic carbocycles. The van der Waals surface area contributed by atoms with Crippen molar-refractivity contribution in [1.29, 1.82) is 0 Å². The van der Waals surface area contributed by atoms with Gasteiger partial charge in [0.05, 0.1) is 17.2 Å². The monoisotopic (exact) mass is 250 g/mol. The lowest BCUT2D eigenvalue weighted by Crippen LogP contribution is -2.21. The molecule has 0 N–H and O–H groups in total. The molecule has 1 heterocycles. The predicted molar refractivity (Wildman–Crippen MR) is 76.1 cm³/mol. The quantitative estimate of drug-likeness (QED) is 0.716. The molecule has 3 heteroatoms. The van der Waals surface area contributed by atoms with Crippen molar-refractivity contribution in [3.63, 3.8) is 0 Å². The van der Waals surface area contributed by atoms with Gasteiger partial charge in [0, 0.05) is 6.54 Å². The van der Waals surface area contributed by atoms with Crippen LogP contribution < -0.4 is 5.56 Å². The van der Waals surface area contributed by atoms with E-state index in [2.05, 4.69) is 17.1 Å².